The lowest BCUT2D eigenvalue weighted by molar-refractivity contribution is -0.138. The van der Waals surface area contributed by atoms with Gasteiger partial charge in [0.15, 0.2) is 0 Å². The van der Waals surface area contributed by atoms with E-state index in [1.165, 1.54) is 9.80 Å². The second-order valence-electron chi connectivity index (χ2n) is 11.4. The first-order chi connectivity index (χ1) is 22.2. The molecular weight excluding hydrogens is 586 g/mol. The lowest BCUT2D eigenvalue weighted by atomic mass is 10.1. The number of likely N-dealkylation sites (tertiary alicyclic amines) is 1. The molecule has 11 heteroatoms. The number of nitrogens with one attached hydrogen (secondary N) is 1. The summed E-state index contributed by atoms with van der Waals surface area (Å²) in [6, 6.07) is 21.7. The molecule has 2 heterocycles. The molecule has 1 fully saturated rings. The summed E-state index contributed by atoms with van der Waals surface area (Å²) in [7, 11) is 5.03. The van der Waals surface area contributed by atoms with Crippen LogP contribution in [0.15, 0.2) is 79.0 Å². The van der Waals surface area contributed by atoms with Crippen LogP contribution < -0.4 is 10.1 Å². The summed E-state index contributed by atoms with van der Waals surface area (Å²) in [6.07, 6.45) is 0.861. The van der Waals surface area contributed by atoms with Crippen LogP contribution in [0.5, 0.6) is 5.75 Å². The molecule has 3 aromatic carbocycles. The van der Waals surface area contributed by atoms with E-state index in [4.69, 9.17) is 14.7 Å². The molecule has 4 aromatic rings. The van der Waals surface area contributed by atoms with Gasteiger partial charge < -0.3 is 34.3 Å². The predicted molar refractivity (Wildman–Crippen MR) is 171 cm³/mol. The van der Waals surface area contributed by atoms with E-state index < -0.39 is 30.0 Å². The molecule has 46 heavy (non-hydrogen) atoms. The van der Waals surface area contributed by atoms with Crippen molar-refractivity contribution in [3.8, 4) is 11.8 Å². The molecule has 2 N–H and O–H groups in total. The molecule has 0 spiro atoms. The van der Waals surface area contributed by atoms with E-state index in [1.807, 2.05) is 54.1 Å². The van der Waals surface area contributed by atoms with E-state index in [1.54, 1.807) is 50.7 Å². The minimum atomic E-state index is -1.09. The Bertz CT molecular complexity index is 1760. The molecule has 0 aliphatic carbocycles. The van der Waals surface area contributed by atoms with Gasteiger partial charge in [0.2, 0.25) is 11.8 Å². The van der Waals surface area contributed by atoms with Crippen LogP contribution in [0.4, 0.5) is 0 Å². The van der Waals surface area contributed by atoms with Crippen LogP contribution in [0.1, 0.15) is 33.5 Å². The number of aromatic nitrogens is 1. The van der Waals surface area contributed by atoms with Gasteiger partial charge in [-0.2, -0.15) is 5.26 Å². The number of para-hydroxylation sites is 2. The largest absolute Gasteiger partial charge is 0.496 e. The summed E-state index contributed by atoms with van der Waals surface area (Å²) < 4.78 is 13.2. The maximum absolute atomic E-state index is 13.8. The number of aryl methyl sites for hydroxylation is 1. The molecule has 5 rings (SSSR count). The average molecular weight is 624 g/mol. The fraction of sp³-hybridized carbons (Fsp3) is 0.314. The van der Waals surface area contributed by atoms with E-state index in [9.17, 15) is 19.5 Å². The molecule has 3 amide bonds. The van der Waals surface area contributed by atoms with Crippen LogP contribution in [0, 0.1) is 11.3 Å². The number of carbonyl (C=O) groups excluding carboxylic acids is 3. The van der Waals surface area contributed by atoms with Crippen molar-refractivity contribution in [3.63, 3.8) is 0 Å². The Kier molecular flexibility index (Phi) is 10.0. The molecule has 0 bridgehead atoms. The number of aliphatic hydroxyl groups excluding tert-OH is 1. The van der Waals surface area contributed by atoms with E-state index in [-0.39, 0.29) is 38.6 Å². The van der Waals surface area contributed by atoms with Crippen molar-refractivity contribution in [3.05, 3.63) is 101 Å². The molecule has 3 unspecified atom stereocenters. The van der Waals surface area contributed by atoms with Gasteiger partial charge in [0, 0.05) is 56.3 Å². The maximum atomic E-state index is 13.8. The lowest BCUT2D eigenvalue weighted by Crippen LogP contribution is -2.54. The summed E-state index contributed by atoms with van der Waals surface area (Å²) in [5.41, 5.74) is 3.40. The number of β-amino-alcohol motifs (C(OH)–C–C–N with tert-alkyl or cyclic N) is 1. The number of nitrogens with zero attached hydrogens (tertiary/aromatic N) is 4. The molecule has 1 aromatic heterocycles. The Balaban J connectivity index is 1.34. The van der Waals surface area contributed by atoms with Gasteiger partial charge in [-0.25, -0.2) is 0 Å². The maximum Gasteiger partial charge on any atom is 0.256 e. The van der Waals surface area contributed by atoms with Crippen LogP contribution in [-0.4, -0.2) is 82.7 Å². The van der Waals surface area contributed by atoms with E-state index in [0.29, 0.717) is 16.9 Å². The van der Waals surface area contributed by atoms with Crippen molar-refractivity contribution in [2.75, 3.05) is 27.3 Å². The van der Waals surface area contributed by atoms with Gasteiger partial charge in [0.05, 0.1) is 43.6 Å². The normalized spacial score (nSPS) is 16.5. The zero-order valence-corrected chi connectivity index (χ0v) is 26.1. The highest BCUT2D eigenvalue weighted by Crippen LogP contribution is 2.27. The number of fused-ring (bicyclic) bond motifs is 1. The fourth-order valence-electron chi connectivity index (χ4n) is 5.80. The molecule has 238 valence electrons. The summed E-state index contributed by atoms with van der Waals surface area (Å²) in [5.74, 6) is -0.704. The van der Waals surface area contributed by atoms with Gasteiger partial charge in [0.25, 0.3) is 5.91 Å². The number of likely N-dealkylation sites (N-methyl/N-ethyl adjacent to an activating group) is 1. The molecule has 1 aliphatic heterocycles. The second kappa shape index (κ2) is 14.3. The van der Waals surface area contributed by atoms with E-state index in [2.05, 4.69) is 11.4 Å². The van der Waals surface area contributed by atoms with Gasteiger partial charge in [-0.15, -0.1) is 0 Å². The molecular formula is C35H37N5O6. The first-order valence-electron chi connectivity index (χ1n) is 15.0. The fourth-order valence-corrected chi connectivity index (χ4v) is 5.80. The number of carbonyl (C=O) groups is 3. The number of hydrogen-bond donors (Lipinski definition) is 2. The number of aliphatic hydroxyl groups is 1. The summed E-state index contributed by atoms with van der Waals surface area (Å²) in [5, 5.41) is 23.2. The summed E-state index contributed by atoms with van der Waals surface area (Å²) in [6.45, 7) is 0.211. The van der Waals surface area contributed by atoms with Gasteiger partial charge in [-0.3, -0.25) is 14.4 Å². The molecule has 3 atom stereocenters. The zero-order chi connectivity index (χ0) is 32.8. The number of hydrogen-bond acceptors (Lipinski definition) is 7. The van der Waals surface area contributed by atoms with Crippen LogP contribution in [0.2, 0.25) is 0 Å². The Labute approximate surface area is 267 Å². The smallest absolute Gasteiger partial charge is 0.256 e. The minimum absolute atomic E-state index is 0.0123. The molecule has 11 nitrogen and oxygen atoms in total. The van der Waals surface area contributed by atoms with Crippen LogP contribution in [0.3, 0.4) is 0 Å². The third-order valence-electron chi connectivity index (χ3n) is 8.20. The summed E-state index contributed by atoms with van der Waals surface area (Å²) >= 11 is 0. The van der Waals surface area contributed by atoms with Gasteiger partial charge in [-0.05, 0) is 29.8 Å². The Morgan fingerprint density at radius 3 is 2.54 bits per heavy atom. The van der Waals surface area contributed by atoms with Crippen molar-refractivity contribution in [2.24, 2.45) is 7.05 Å². The average Bonchev–Trinajstić information content (AvgIpc) is 3.64. The highest BCUT2D eigenvalue weighted by atomic mass is 16.5. The number of methoxy groups -OCH3 is 1. The number of nitriles is 1. The number of benzene rings is 3. The van der Waals surface area contributed by atoms with Crippen molar-refractivity contribution >= 4 is 28.6 Å². The predicted octanol–water partition coefficient (Wildman–Crippen LogP) is 2.99. The standard InChI is InChI=1S/C35H37N5O6/c1-38-20-28(27-9-5-6-10-30(27)38)34(43)40-19-26(41)16-31(40)33(42)37-29(22-46-21-24-14-12-23(17-36)13-15-24)35(44)39(2)18-25-8-4-7-11-32(25)45-3/h4-15,20,26,29,31,41H,16,18-19,21-22H2,1-3H3,(H,37,42). The lowest BCUT2D eigenvalue weighted by Gasteiger charge is -2.28. The third kappa shape index (κ3) is 7.04. The van der Waals surface area contributed by atoms with Crippen molar-refractivity contribution in [1.29, 1.82) is 5.26 Å². The zero-order valence-electron chi connectivity index (χ0n) is 26.1. The summed E-state index contributed by atoms with van der Waals surface area (Å²) in [4.78, 5) is 44.3. The topological polar surface area (TPSA) is 137 Å². The van der Waals surface area contributed by atoms with Gasteiger partial charge in [0.1, 0.15) is 17.8 Å². The molecule has 1 aliphatic rings. The molecule has 1 saturated heterocycles. The Morgan fingerprint density at radius 1 is 1.09 bits per heavy atom. The molecule has 0 saturated carbocycles. The highest BCUT2D eigenvalue weighted by molar-refractivity contribution is 6.08. The highest BCUT2D eigenvalue weighted by Gasteiger charge is 2.41. The first-order valence-corrected chi connectivity index (χ1v) is 15.0. The quantitative estimate of drug-likeness (QED) is 0.262. The molecule has 0 radical (unpaired) electrons. The van der Waals surface area contributed by atoms with E-state index in [0.717, 1.165) is 22.0 Å². The minimum Gasteiger partial charge on any atom is -0.496 e. The van der Waals surface area contributed by atoms with Crippen LogP contribution in [0.25, 0.3) is 10.9 Å². The third-order valence-corrected chi connectivity index (χ3v) is 8.20. The van der Waals surface area contributed by atoms with Crippen molar-refractivity contribution in [2.45, 2.75) is 37.8 Å². The SMILES string of the molecule is COc1ccccc1CN(C)C(=O)C(COCc1ccc(C#N)cc1)NC(=O)C1CC(O)CN1C(=O)c1cn(C)c2ccccc12. The van der Waals surface area contributed by atoms with Crippen LogP contribution >= 0.6 is 0 Å². The Morgan fingerprint density at radius 2 is 1.80 bits per heavy atom. The first kappa shape index (κ1) is 32.2. The van der Waals surface area contributed by atoms with Gasteiger partial charge in [-0.1, -0.05) is 48.5 Å². The Hall–Kier alpha value is -5.18. The van der Waals surface area contributed by atoms with Crippen LogP contribution in [-0.2, 0) is 34.5 Å². The second-order valence-corrected chi connectivity index (χ2v) is 11.4. The monoisotopic (exact) mass is 623 g/mol. The van der Waals surface area contributed by atoms with Gasteiger partial charge >= 0.3 is 0 Å². The number of amides is 3. The number of ether oxygens (including phenoxy) is 2. The number of rotatable bonds is 11. The van der Waals surface area contributed by atoms with E-state index >= 15 is 0 Å². The van der Waals surface area contributed by atoms with Crippen molar-refractivity contribution in [1.82, 2.24) is 19.7 Å². The van der Waals surface area contributed by atoms with Crippen molar-refractivity contribution < 1.29 is 29.0 Å².